The van der Waals surface area contributed by atoms with E-state index in [2.05, 4.69) is 24.5 Å². The van der Waals surface area contributed by atoms with Gasteiger partial charge in [-0.05, 0) is 57.2 Å². The van der Waals surface area contributed by atoms with Crippen molar-refractivity contribution in [3.05, 3.63) is 23.8 Å². The quantitative estimate of drug-likeness (QED) is 0.708. The van der Waals surface area contributed by atoms with Crippen LogP contribution in [0.1, 0.15) is 53.0 Å². The summed E-state index contributed by atoms with van der Waals surface area (Å²) in [6.45, 7) is 10.2. The molecular weight excluding hydrogens is 360 g/mol. The maximum Gasteiger partial charge on any atom is 0.407 e. The summed E-state index contributed by atoms with van der Waals surface area (Å²) in [6.07, 6.45) is 1.26. The average molecular weight is 392 g/mol. The van der Waals surface area contributed by atoms with Crippen molar-refractivity contribution in [1.82, 2.24) is 10.6 Å². The van der Waals surface area contributed by atoms with Crippen molar-refractivity contribution >= 4 is 12.0 Å². The number of benzene rings is 1. The minimum atomic E-state index is -0.555. The zero-order chi connectivity index (χ0) is 20.7. The van der Waals surface area contributed by atoms with Gasteiger partial charge in [0.25, 0.3) is 0 Å². The Morgan fingerprint density at radius 3 is 2.57 bits per heavy atom. The van der Waals surface area contributed by atoms with E-state index in [1.54, 1.807) is 0 Å². The molecule has 1 aromatic carbocycles. The fourth-order valence-corrected chi connectivity index (χ4v) is 2.92. The topological polar surface area (TPSA) is 85.9 Å². The number of nitrogens with one attached hydrogen (secondary N) is 2. The first kappa shape index (κ1) is 21.9. The lowest BCUT2D eigenvalue weighted by Crippen LogP contribution is -2.46. The van der Waals surface area contributed by atoms with Gasteiger partial charge in [-0.1, -0.05) is 19.9 Å². The fourth-order valence-electron chi connectivity index (χ4n) is 2.92. The zero-order valence-corrected chi connectivity index (χ0v) is 17.5. The summed E-state index contributed by atoms with van der Waals surface area (Å²) in [6, 6.07) is 5.52. The number of hydrogen-bond acceptors (Lipinski definition) is 5. The number of rotatable bonds is 8. The standard InChI is InChI=1S/C21H32N2O5/c1-14(2)10-16(23-20(25)28-21(3,4)5)12-22-19(24)9-7-15-6-8-17-18(11-15)27-13-26-17/h6,8,11,14,16H,7,9-10,12-13H2,1-5H3,(H,22,24)(H,23,25). The molecule has 0 saturated heterocycles. The number of aryl methyl sites for hydroxylation is 1. The number of hydrogen-bond donors (Lipinski definition) is 2. The Hall–Kier alpha value is -2.44. The molecule has 1 unspecified atom stereocenters. The summed E-state index contributed by atoms with van der Waals surface area (Å²) in [7, 11) is 0. The Morgan fingerprint density at radius 1 is 1.18 bits per heavy atom. The van der Waals surface area contributed by atoms with Crippen molar-refractivity contribution in [3.8, 4) is 11.5 Å². The third-order valence-corrected chi connectivity index (χ3v) is 4.10. The van der Waals surface area contributed by atoms with Gasteiger partial charge in [-0.25, -0.2) is 4.79 Å². The molecule has 1 aliphatic rings. The van der Waals surface area contributed by atoms with Gasteiger partial charge >= 0.3 is 6.09 Å². The molecule has 156 valence electrons. The number of amides is 2. The lowest BCUT2D eigenvalue weighted by atomic mass is 10.0. The summed E-state index contributed by atoms with van der Waals surface area (Å²) in [5, 5.41) is 5.77. The van der Waals surface area contributed by atoms with Crippen LogP contribution in [0.3, 0.4) is 0 Å². The molecular formula is C21H32N2O5. The minimum Gasteiger partial charge on any atom is -0.454 e. The highest BCUT2D eigenvalue weighted by Gasteiger charge is 2.21. The molecule has 0 bridgehead atoms. The van der Waals surface area contributed by atoms with Gasteiger partial charge in [0.1, 0.15) is 5.60 Å². The van der Waals surface area contributed by atoms with Crippen LogP contribution in [-0.2, 0) is 16.0 Å². The van der Waals surface area contributed by atoms with Crippen LogP contribution in [0.4, 0.5) is 4.79 Å². The fraction of sp³-hybridized carbons (Fsp3) is 0.619. The number of carbonyl (C=O) groups is 2. The van der Waals surface area contributed by atoms with Gasteiger partial charge in [0.05, 0.1) is 0 Å². The monoisotopic (exact) mass is 392 g/mol. The summed E-state index contributed by atoms with van der Waals surface area (Å²) in [4.78, 5) is 24.3. The molecule has 2 rings (SSSR count). The molecule has 28 heavy (non-hydrogen) atoms. The number of carbonyl (C=O) groups excluding carboxylic acids is 2. The van der Waals surface area contributed by atoms with E-state index in [0.29, 0.717) is 25.3 Å². The third kappa shape index (κ3) is 7.66. The maximum absolute atomic E-state index is 12.2. The molecule has 0 radical (unpaired) electrons. The number of fused-ring (bicyclic) bond motifs is 1. The molecule has 2 N–H and O–H groups in total. The lowest BCUT2D eigenvalue weighted by Gasteiger charge is -2.25. The summed E-state index contributed by atoms with van der Waals surface area (Å²) < 4.78 is 16.0. The van der Waals surface area contributed by atoms with Crippen molar-refractivity contribution in [2.45, 2.75) is 65.5 Å². The van der Waals surface area contributed by atoms with Crippen molar-refractivity contribution in [2.24, 2.45) is 5.92 Å². The highest BCUT2D eigenvalue weighted by Crippen LogP contribution is 2.32. The van der Waals surface area contributed by atoms with Gasteiger partial charge in [-0.3, -0.25) is 4.79 Å². The van der Waals surface area contributed by atoms with Crippen LogP contribution in [0.15, 0.2) is 18.2 Å². The van der Waals surface area contributed by atoms with Crippen molar-refractivity contribution in [3.63, 3.8) is 0 Å². The lowest BCUT2D eigenvalue weighted by molar-refractivity contribution is -0.121. The number of ether oxygens (including phenoxy) is 3. The zero-order valence-electron chi connectivity index (χ0n) is 17.5. The van der Waals surface area contributed by atoms with E-state index in [1.165, 1.54) is 0 Å². The van der Waals surface area contributed by atoms with Crippen LogP contribution in [0.25, 0.3) is 0 Å². The van der Waals surface area contributed by atoms with Crippen LogP contribution in [0.5, 0.6) is 11.5 Å². The smallest absolute Gasteiger partial charge is 0.407 e. The van der Waals surface area contributed by atoms with E-state index < -0.39 is 11.7 Å². The SMILES string of the molecule is CC(C)CC(CNC(=O)CCc1ccc2c(c1)OCO2)NC(=O)OC(C)(C)C. The van der Waals surface area contributed by atoms with Crippen LogP contribution < -0.4 is 20.1 Å². The van der Waals surface area contributed by atoms with Gasteiger partial charge < -0.3 is 24.8 Å². The normalized spacial score (nSPS) is 13.9. The van der Waals surface area contributed by atoms with E-state index in [0.717, 1.165) is 23.5 Å². The van der Waals surface area contributed by atoms with Gasteiger partial charge in [-0.15, -0.1) is 0 Å². The van der Waals surface area contributed by atoms with Crippen LogP contribution in [-0.4, -0.2) is 37.0 Å². The Labute approximate surface area is 167 Å². The van der Waals surface area contributed by atoms with E-state index in [-0.39, 0.29) is 18.7 Å². The third-order valence-electron chi connectivity index (χ3n) is 4.10. The second-order valence-electron chi connectivity index (χ2n) is 8.46. The second-order valence-corrected chi connectivity index (χ2v) is 8.46. The van der Waals surface area contributed by atoms with E-state index >= 15 is 0 Å². The van der Waals surface area contributed by atoms with Gasteiger partial charge in [-0.2, -0.15) is 0 Å². The summed E-state index contributed by atoms with van der Waals surface area (Å²) >= 11 is 0. The Bertz CT molecular complexity index is 682. The van der Waals surface area contributed by atoms with E-state index in [4.69, 9.17) is 14.2 Å². The molecule has 1 heterocycles. The first-order valence-corrected chi connectivity index (χ1v) is 9.77. The van der Waals surface area contributed by atoms with E-state index in [1.807, 2.05) is 39.0 Å². The first-order valence-electron chi connectivity index (χ1n) is 9.77. The molecule has 7 nitrogen and oxygen atoms in total. The molecule has 0 saturated carbocycles. The Kier molecular flexibility index (Phi) is 7.54. The van der Waals surface area contributed by atoms with Crippen molar-refractivity contribution < 1.29 is 23.8 Å². The molecule has 0 spiro atoms. The predicted octanol–water partition coefficient (Wildman–Crippen LogP) is 3.40. The second kappa shape index (κ2) is 9.66. The van der Waals surface area contributed by atoms with Gasteiger partial charge in [0.2, 0.25) is 12.7 Å². The first-order chi connectivity index (χ1) is 13.1. The number of alkyl carbamates (subject to hydrolysis) is 1. The molecule has 1 aromatic rings. The molecule has 1 aliphatic heterocycles. The highest BCUT2D eigenvalue weighted by molar-refractivity contribution is 5.76. The minimum absolute atomic E-state index is 0.0580. The molecule has 2 amide bonds. The summed E-state index contributed by atoms with van der Waals surface area (Å²) in [5.74, 6) is 1.78. The van der Waals surface area contributed by atoms with Crippen LogP contribution >= 0.6 is 0 Å². The largest absolute Gasteiger partial charge is 0.454 e. The molecule has 1 atom stereocenters. The Morgan fingerprint density at radius 2 is 1.89 bits per heavy atom. The maximum atomic E-state index is 12.2. The summed E-state index contributed by atoms with van der Waals surface area (Å²) in [5.41, 5.74) is 0.463. The molecule has 0 fully saturated rings. The highest BCUT2D eigenvalue weighted by atomic mass is 16.7. The molecule has 0 aromatic heterocycles. The Balaban J connectivity index is 1.79. The van der Waals surface area contributed by atoms with Crippen LogP contribution in [0.2, 0.25) is 0 Å². The predicted molar refractivity (Wildman–Crippen MR) is 107 cm³/mol. The van der Waals surface area contributed by atoms with Crippen molar-refractivity contribution in [1.29, 1.82) is 0 Å². The van der Waals surface area contributed by atoms with Crippen molar-refractivity contribution in [2.75, 3.05) is 13.3 Å². The van der Waals surface area contributed by atoms with E-state index in [9.17, 15) is 9.59 Å². The molecule has 7 heteroatoms. The van der Waals surface area contributed by atoms with Gasteiger partial charge in [0, 0.05) is 19.0 Å². The molecule has 0 aliphatic carbocycles. The van der Waals surface area contributed by atoms with Crippen LogP contribution in [0, 0.1) is 5.92 Å². The van der Waals surface area contributed by atoms with Gasteiger partial charge in [0.15, 0.2) is 11.5 Å². The average Bonchev–Trinajstić information content (AvgIpc) is 3.03.